The summed E-state index contributed by atoms with van der Waals surface area (Å²) in [6.45, 7) is 10.4. The largest absolute Gasteiger partial charge is 0.299 e. The van der Waals surface area contributed by atoms with Crippen molar-refractivity contribution < 1.29 is 4.79 Å². The van der Waals surface area contributed by atoms with Crippen molar-refractivity contribution in [1.29, 1.82) is 0 Å². The third kappa shape index (κ3) is 4.78. The van der Waals surface area contributed by atoms with E-state index in [1.54, 1.807) is 0 Å². The van der Waals surface area contributed by atoms with Crippen LogP contribution in [-0.4, -0.2) is 5.78 Å². The van der Waals surface area contributed by atoms with E-state index in [9.17, 15) is 4.79 Å². The molecular weight excluding hydrogens is 172 g/mol. The molecule has 0 saturated carbocycles. The third-order valence-corrected chi connectivity index (χ3v) is 2.76. The van der Waals surface area contributed by atoms with Crippen molar-refractivity contribution in [2.24, 2.45) is 11.3 Å². The standard InChI is InChI=1S/C13H26O/c1-6-8-9-10-11(7-2)12(14)13(3,4)5/h11H,6-10H2,1-5H3. The zero-order valence-electron chi connectivity index (χ0n) is 10.5. The molecule has 1 heteroatoms. The van der Waals surface area contributed by atoms with Gasteiger partial charge in [0.15, 0.2) is 0 Å². The number of rotatable bonds is 6. The van der Waals surface area contributed by atoms with Crippen molar-refractivity contribution in [2.75, 3.05) is 0 Å². The predicted octanol–water partition coefficient (Wildman–Crippen LogP) is 4.21. The Morgan fingerprint density at radius 2 is 1.71 bits per heavy atom. The van der Waals surface area contributed by atoms with E-state index in [0.717, 1.165) is 12.8 Å². The molecule has 0 saturated heterocycles. The average molecular weight is 198 g/mol. The molecule has 1 atom stereocenters. The van der Waals surface area contributed by atoms with Gasteiger partial charge in [-0.1, -0.05) is 53.9 Å². The second-order valence-corrected chi connectivity index (χ2v) is 5.22. The van der Waals surface area contributed by atoms with Crippen molar-refractivity contribution in [1.82, 2.24) is 0 Å². The summed E-state index contributed by atoms with van der Waals surface area (Å²) in [5, 5.41) is 0. The van der Waals surface area contributed by atoms with Crippen molar-refractivity contribution in [3.63, 3.8) is 0 Å². The highest BCUT2D eigenvalue weighted by atomic mass is 16.1. The number of hydrogen-bond acceptors (Lipinski definition) is 1. The van der Waals surface area contributed by atoms with Gasteiger partial charge in [0.1, 0.15) is 5.78 Å². The first-order chi connectivity index (χ1) is 6.43. The van der Waals surface area contributed by atoms with Gasteiger partial charge in [0.25, 0.3) is 0 Å². The number of Topliss-reactive ketones (excluding diaryl/α,β-unsaturated/α-hetero) is 1. The Balaban J connectivity index is 4.07. The fourth-order valence-corrected chi connectivity index (χ4v) is 1.77. The Labute approximate surface area is 89.3 Å². The molecular formula is C13H26O. The topological polar surface area (TPSA) is 17.1 Å². The van der Waals surface area contributed by atoms with Gasteiger partial charge in [0.05, 0.1) is 0 Å². The number of unbranched alkanes of at least 4 members (excludes halogenated alkanes) is 2. The van der Waals surface area contributed by atoms with Gasteiger partial charge in [-0.15, -0.1) is 0 Å². The van der Waals surface area contributed by atoms with Crippen molar-refractivity contribution in [3.8, 4) is 0 Å². The maximum atomic E-state index is 12.0. The molecule has 0 aliphatic carbocycles. The molecule has 0 heterocycles. The van der Waals surface area contributed by atoms with Crippen molar-refractivity contribution in [3.05, 3.63) is 0 Å². The zero-order valence-corrected chi connectivity index (χ0v) is 10.5. The summed E-state index contributed by atoms with van der Waals surface area (Å²) in [5.74, 6) is 0.734. The summed E-state index contributed by atoms with van der Waals surface area (Å²) < 4.78 is 0. The second-order valence-electron chi connectivity index (χ2n) is 5.22. The van der Waals surface area contributed by atoms with Crippen LogP contribution in [0.1, 0.15) is 66.7 Å². The summed E-state index contributed by atoms with van der Waals surface area (Å²) in [7, 11) is 0. The van der Waals surface area contributed by atoms with Crippen LogP contribution in [0.3, 0.4) is 0 Å². The van der Waals surface area contributed by atoms with Crippen LogP contribution >= 0.6 is 0 Å². The molecule has 0 aromatic carbocycles. The van der Waals surface area contributed by atoms with Gasteiger partial charge in [-0.3, -0.25) is 4.79 Å². The van der Waals surface area contributed by atoms with E-state index in [-0.39, 0.29) is 5.41 Å². The highest BCUT2D eigenvalue weighted by Crippen LogP contribution is 2.25. The molecule has 0 bridgehead atoms. The minimum Gasteiger partial charge on any atom is -0.299 e. The molecule has 1 unspecified atom stereocenters. The maximum Gasteiger partial charge on any atom is 0.141 e. The molecule has 1 nitrogen and oxygen atoms in total. The summed E-state index contributed by atoms with van der Waals surface area (Å²) in [6.07, 6.45) is 5.78. The highest BCUT2D eigenvalue weighted by molar-refractivity contribution is 5.85. The van der Waals surface area contributed by atoms with Gasteiger partial charge in [0.2, 0.25) is 0 Å². The number of carbonyl (C=O) groups is 1. The van der Waals surface area contributed by atoms with E-state index in [0.29, 0.717) is 11.7 Å². The molecule has 0 spiro atoms. The van der Waals surface area contributed by atoms with Crippen LogP contribution < -0.4 is 0 Å². The van der Waals surface area contributed by atoms with E-state index in [1.165, 1.54) is 19.3 Å². The SMILES string of the molecule is CCCCCC(CC)C(=O)C(C)(C)C. The van der Waals surface area contributed by atoms with Gasteiger partial charge in [-0.2, -0.15) is 0 Å². The van der Waals surface area contributed by atoms with Crippen molar-refractivity contribution >= 4 is 5.78 Å². The van der Waals surface area contributed by atoms with Gasteiger partial charge in [-0.25, -0.2) is 0 Å². The highest BCUT2D eigenvalue weighted by Gasteiger charge is 2.27. The van der Waals surface area contributed by atoms with Crippen LogP contribution in [0.15, 0.2) is 0 Å². The lowest BCUT2D eigenvalue weighted by Gasteiger charge is -2.23. The lowest BCUT2D eigenvalue weighted by atomic mass is 9.80. The van der Waals surface area contributed by atoms with Gasteiger partial charge in [-0.05, 0) is 12.8 Å². The Kier molecular flexibility index (Phi) is 6.06. The van der Waals surface area contributed by atoms with E-state index in [2.05, 4.69) is 13.8 Å². The molecule has 0 rings (SSSR count). The Hall–Kier alpha value is -0.330. The first-order valence-electron chi connectivity index (χ1n) is 5.97. The van der Waals surface area contributed by atoms with Crippen molar-refractivity contribution in [2.45, 2.75) is 66.7 Å². The summed E-state index contributed by atoms with van der Waals surface area (Å²) in [4.78, 5) is 12.0. The fraction of sp³-hybridized carbons (Fsp3) is 0.923. The Morgan fingerprint density at radius 3 is 2.07 bits per heavy atom. The first-order valence-corrected chi connectivity index (χ1v) is 5.97. The molecule has 0 aliphatic heterocycles. The average Bonchev–Trinajstić information content (AvgIpc) is 2.10. The molecule has 0 N–H and O–H groups in total. The second kappa shape index (κ2) is 6.21. The molecule has 0 aliphatic rings. The predicted molar refractivity (Wildman–Crippen MR) is 62.4 cm³/mol. The van der Waals surface area contributed by atoms with Crippen LogP contribution in [0.5, 0.6) is 0 Å². The smallest absolute Gasteiger partial charge is 0.141 e. The third-order valence-electron chi connectivity index (χ3n) is 2.76. The minimum atomic E-state index is -0.160. The minimum absolute atomic E-state index is 0.160. The molecule has 0 amide bonds. The first kappa shape index (κ1) is 13.7. The molecule has 0 radical (unpaired) electrons. The normalized spacial score (nSPS) is 14.1. The van der Waals surface area contributed by atoms with E-state index >= 15 is 0 Å². The lowest BCUT2D eigenvalue weighted by molar-refractivity contribution is -0.130. The number of ketones is 1. The van der Waals surface area contributed by atoms with Gasteiger partial charge < -0.3 is 0 Å². The van der Waals surface area contributed by atoms with Crippen LogP contribution in [0.25, 0.3) is 0 Å². The molecule has 14 heavy (non-hydrogen) atoms. The van der Waals surface area contributed by atoms with E-state index in [4.69, 9.17) is 0 Å². The van der Waals surface area contributed by atoms with E-state index in [1.807, 2.05) is 20.8 Å². The zero-order chi connectivity index (χ0) is 11.2. The van der Waals surface area contributed by atoms with Crippen LogP contribution in [0, 0.1) is 11.3 Å². The summed E-state index contributed by atoms with van der Waals surface area (Å²) in [6, 6.07) is 0. The molecule has 0 fully saturated rings. The lowest BCUT2D eigenvalue weighted by Crippen LogP contribution is -2.28. The number of carbonyl (C=O) groups excluding carboxylic acids is 1. The van der Waals surface area contributed by atoms with Gasteiger partial charge >= 0.3 is 0 Å². The Bertz CT molecular complexity index is 165. The van der Waals surface area contributed by atoms with Gasteiger partial charge in [0, 0.05) is 11.3 Å². The monoisotopic (exact) mass is 198 g/mol. The fourth-order valence-electron chi connectivity index (χ4n) is 1.77. The summed E-state index contributed by atoms with van der Waals surface area (Å²) >= 11 is 0. The molecule has 0 aromatic heterocycles. The van der Waals surface area contributed by atoms with Crippen LogP contribution in [-0.2, 0) is 4.79 Å². The maximum absolute atomic E-state index is 12.0. The molecule has 0 aromatic rings. The quantitative estimate of drug-likeness (QED) is 0.584. The van der Waals surface area contributed by atoms with Crippen LogP contribution in [0.2, 0.25) is 0 Å². The molecule has 84 valence electrons. The van der Waals surface area contributed by atoms with Crippen LogP contribution in [0.4, 0.5) is 0 Å². The number of hydrogen-bond donors (Lipinski definition) is 0. The van der Waals surface area contributed by atoms with E-state index < -0.39 is 0 Å². The Morgan fingerprint density at radius 1 is 1.14 bits per heavy atom. The summed E-state index contributed by atoms with van der Waals surface area (Å²) in [5.41, 5.74) is -0.160.